The Hall–Kier alpha value is -3.72. The van der Waals surface area contributed by atoms with E-state index in [4.69, 9.17) is 0 Å². The zero-order valence-corrected chi connectivity index (χ0v) is 18.6. The van der Waals surface area contributed by atoms with Crippen LogP contribution < -0.4 is 15.9 Å². The first-order valence-corrected chi connectivity index (χ1v) is 10.9. The monoisotopic (exact) mass is 448 g/mol. The molecule has 9 heteroatoms. The summed E-state index contributed by atoms with van der Waals surface area (Å²) < 4.78 is 16.4. The van der Waals surface area contributed by atoms with Gasteiger partial charge in [-0.2, -0.15) is 0 Å². The van der Waals surface area contributed by atoms with Crippen LogP contribution in [0.25, 0.3) is 16.6 Å². The minimum Gasteiger partial charge on any atom is -0.366 e. The largest absolute Gasteiger partial charge is 0.366 e. The first-order chi connectivity index (χ1) is 15.9. The summed E-state index contributed by atoms with van der Waals surface area (Å²) in [6, 6.07) is 8.72. The van der Waals surface area contributed by atoms with E-state index in [0.29, 0.717) is 30.9 Å². The summed E-state index contributed by atoms with van der Waals surface area (Å²) in [7, 11) is 1.53. The summed E-state index contributed by atoms with van der Waals surface area (Å²) >= 11 is 0. The summed E-state index contributed by atoms with van der Waals surface area (Å²) in [6.45, 7) is 5.42. The maximum absolute atomic E-state index is 14.8. The van der Waals surface area contributed by atoms with Crippen molar-refractivity contribution in [1.82, 2.24) is 24.6 Å². The number of amides is 1. The van der Waals surface area contributed by atoms with Gasteiger partial charge < -0.3 is 15.2 Å². The van der Waals surface area contributed by atoms with E-state index in [1.54, 1.807) is 16.7 Å². The smallest absolute Gasteiger partial charge is 0.330 e. The summed E-state index contributed by atoms with van der Waals surface area (Å²) in [4.78, 5) is 35.9. The second-order valence-electron chi connectivity index (χ2n) is 8.40. The molecule has 1 saturated heterocycles. The molecule has 1 fully saturated rings. The number of benzene rings is 1. The Kier molecular flexibility index (Phi) is 5.33. The van der Waals surface area contributed by atoms with Crippen molar-refractivity contribution >= 4 is 28.1 Å². The van der Waals surface area contributed by atoms with E-state index in [0.717, 1.165) is 40.8 Å². The van der Waals surface area contributed by atoms with E-state index in [2.05, 4.69) is 20.2 Å². The molecule has 0 bridgehead atoms. The number of H-pyrrole nitrogens is 1. The highest BCUT2D eigenvalue weighted by Gasteiger charge is 2.22. The Balaban J connectivity index is 1.30. The molecule has 3 aromatic heterocycles. The number of pyridine rings is 1. The highest BCUT2D eigenvalue weighted by Crippen LogP contribution is 2.27. The Bertz CT molecular complexity index is 1390. The number of carbonyl (C=O) groups excluding carboxylic acids is 1. The third-order valence-corrected chi connectivity index (χ3v) is 6.23. The average molecular weight is 449 g/mol. The molecule has 1 aliphatic heterocycles. The van der Waals surface area contributed by atoms with Crippen LogP contribution in [0.1, 0.15) is 21.5 Å². The number of hydrogen-bond donors (Lipinski definition) is 2. The highest BCUT2D eigenvalue weighted by atomic mass is 19.1. The number of anilines is 1. The van der Waals surface area contributed by atoms with Crippen molar-refractivity contribution < 1.29 is 9.18 Å². The van der Waals surface area contributed by atoms with E-state index in [1.165, 1.54) is 13.1 Å². The molecule has 1 amide bonds. The SMILES string of the molecule is CNC(=O)c1cc(C)c(N2CCN(Cc3cnc4c(c3)[nH]c(=O)n3cccc43)CC2)c(F)c1. The molecule has 1 aromatic carbocycles. The summed E-state index contributed by atoms with van der Waals surface area (Å²) in [5, 5.41) is 2.53. The van der Waals surface area contributed by atoms with Gasteiger partial charge in [0.05, 0.1) is 16.7 Å². The number of nitrogens with one attached hydrogen (secondary N) is 2. The Labute approximate surface area is 189 Å². The lowest BCUT2D eigenvalue weighted by molar-refractivity contribution is 0.0962. The number of rotatable bonds is 4. The van der Waals surface area contributed by atoms with Crippen molar-refractivity contribution in [2.75, 3.05) is 38.1 Å². The van der Waals surface area contributed by atoms with Gasteiger partial charge in [0.1, 0.15) is 11.3 Å². The molecule has 8 nitrogen and oxygen atoms in total. The van der Waals surface area contributed by atoms with Crippen LogP contribution in [0.4, 0.5) is 10.1 Å². The molecule has 1 aliphatic rings. The van der Waals surface area contributed by atoms with E-state index < -0.39 is 0 Å². The molecule has 33 heavy (non-hydrogen) atoms. The number of carbonyl (C=O) groups is 1. The number of nitrogens with zero attached hydrogens (tertiary/aromatic N) is 4. The lowest BCUT2D eigenvalue weighted by atomic mass is 10.1. The summed E-state index contributed by atoms with van der Waals surface area (Å²) in [5.74, 6) is -0.669. The predicted molar refractivity (Wildman–Crippen MR) is 125 cm³/mol. The number of aryl methyl sites for hydroxylation is 1. The number of fused-ring (bicyclic) bond motifs is 3. The van der Waals surface area contributed by atoms with E-state index in [9.17, 15) is 14.0 Å². The van der Waals surface area contributed by atoms with Crippen molar-refractivity contribution in [2.24, 2.45) is 0 Å². The van der Waals surface area contributed by atoms with Crippen LogP contribution in [0.5, 0.6) is 0 Å². The average Bonchev–Trinajstić information content (AvgIpc) is 3.30. The van der Waals surface area contributed by atoms with E-state index >= 15 is 0 Å². The van der Waals surface area contributed by atoms with Gasteiger partial charge in [-0.1, -0.05) is 0 Å². The number of aromatic amines is 1. The molecule has 5 rings (SSSR count). The fraction of sp³-hybridized carbons (Fsp3) is 0.292. The molecule has 170 valence electrons. The summed E-state index contributed by atoms with van der Waals surface area (Å²) in [5.41, 5.74) is 4.73. The number of halogens is 1. The van der Waals surface area contributed by atoms with Crippen LogP contribution in [0.15, 0.2) is 47.5 Å². The standard InChI is InChI=1S/C24H25FN6O2/c1-15-10-17(23(32)26-2)12-18(25)22(15)30-8-6-29(7-9-30)14-16-11-19-21(27-13-16)20-4-3-5-31(20)24(33)28-19/h3-5,10-13H,6-9,14H2,1-2H3,(H,26,32)(H,28,33). The van der Waals surface area contributed by atoms with E-state index in [-0.39, 0.29) is 17.4 Å². The Morgan fingerprint density at radius 2 is 2.00 bits per heavy atom. The molecule has 2 N–H and O–H groups in total. The molecule has 0 aliphatic carbocycles. The van der Waals surface area contributed by atoms with Gasteiger partial charge >= 0.3 is 5.69 Å². The first-order valence-electron chi connectivity index (χ1n) is 10.9. The van der Waals surface area contributed by atoms with Gasteiger partial charge in [0.2, 0.25) is 0 Å². The molecular formula is C24H25FN6O2. The number of aromatic nitrogens is 3. The lowest BCUT2D eigenvalue weighted by Gasteiger charge is -2.37. The van der Waals surface area contributed by atoms with Crippen LogP contribution in [0.2, 0.25) is 0 Å². The van der Waals surface area contributed by atoms with Gasteiger partial charge in [0, 0.05) is 57.7 Å². The molecule has 0 saturated carbocycles. The van der Waals surface area contributed by atoms with Crippen LogP contribution >= 0.6 is 0 Å². The zero-order chi connectivity index (χ0) is 23.1. The predicted octanol–water partition coefficient (Wildman–Crippen LogP) is 2.31. The Morgan fingerprint density at radius 1 is 1.21 bits per heavy atom. The van der Waals surface area contributed by atoms with Gasteiger partial charge in [-0.05, 0) is 48.4 Å². The molecule has 4 aromatic rings. The first kappa shape index (κ1) is 21.1. The van der Waals surface area contributed by atoms with Gasteiger partial charge in [-0.3, -0.25) is 19.1 Å². The van der Waals surface area contributed by atoms with Gasteiger partial charge in [-0.15, -0.1) is 0 Å². The molecule has 0 spiro atoms. The van der Waals surface area contributed by atoms with E-state index in [1.807, 2.05) is 36.2 Å². The molecular weight excluding hydrogens is 423 g/mol. The fourth-order valence-corrected chi connectivity index (χ4v) is 4.62. The van der Waals surface area contributed by atoms with Crippen molar-refractivity contribution in [3.05, 3.63) is 75.7 Å². The fourth-order valence-electron chi connectivity index (χ4n) is 4.62. The van der Waals surface area contributed by atoms with Crippen LogP contribution in [0.3, 0.4) is 0 Å². The van der Waals surface area contributed by atoms with Crippen molar-refractivity contribution in [2.45, 2.75) is 13.5 Å². The Morgan fingerprint density at radius 3 is 2.73 bits per heavy atom. The van der Waals surface area contributed by atoms with Gasteiger partial charge in [0.15, 0.2) is 0 Å². The van der Waals surface area contributed by atoms with Crippen molar-refractivity contribution in [3.8, 4) is 0 Å². The third kappa shape index (κ3) is 3.84. The van der Waals surface area contributed by atoms with Crippen LogP contribution in [-0.4, -0.2) is 58.4 Å². The topological polar surface area (TPSA) is 85.7 Å². The maximum atomic E-state index is 14.8. The van der Waals surface area contributed by atoms with Gasteiger partial charge in [0.25, 0.3) is 5.91 Å². The molecule has 4 heterocycles. The van der Waals surface area contributed by atoms with Crippen LogP contribution in [-0.2, 0) is 6.54 Å². The quantitative estimate of drug-likeness (QED) is 0.501. The zero-order valence-electron chi connectivity index (χ0n) is 18.6. The third-order valence-electron chi connectivity index (χ3n) is 6.23. The number of piperazine rings is 1. The normalized spacial score (nSPS) is 14.8. The maximum Gasteiger partial charge on any atom is 0.330 e. The second kappa shape index (κ2) is 8.32. The molecule has 0 atom stereocenters. The molecule has 0 unspecified atom stereocenters. The minimum absolute atomic E-state index is 0.185. The van der Waals surface area contributed by atoms with Crippen molar-refractivity contribution in [1.29, 1.82) is 0 Å². The van der Waals surface area contributed by atoms with Gasteiger partial charge in [-0.25, -0.2) is 9.18 Å². The van der Waals surface area contributed by atoms with Crippen LogP contribution in [0, 0.1) is 12.7 Å². The number of hydrogen-bond acceptors (Lipinski definition) is 5. The van der Waals surface area contributed by atoms with Crippen molar-refractivity contribution in [3.63, 3.8) is 0 Å². The second-order valence-corrected chi connectivity index (χ2v) is 8.40. The molecule has 0 radical (unpaired) electrons. The lowest BCUT2D eigenvalue weighted by Crippen LogP contribution is -2.46. The minimum atomic E-state index is -0.374. The summed E-state index contributed by atoms with van der Waals surface area (Å²) in [6.07, 6.45) is 3.57. The highest BCUT2D eigenvalue weighted by molar-refractivity contribution is 5.94.